The molecule has 0 spiro atoms. The third-order valence-electron chi connectivity index (χ3n) is 2.03. The van der Waals surface area contributed by atoms with Crippen molar-refractivity contribution in [2.24, 2.45) is 0 Å². The number of nitrogens with one attached hydrogen (secondary N) is 1. The van der Waals surface area contributed by atoms with Crippen molar-refractivity contribution >= 4 is 6.09 Å². The van der Waals surface area contributed by atoms with Crippen molar-refractivity contribution in [2.75, 3.05) is 7.05 Å². The van der Waals surface area contributed by atoms with Crippen LogP contribution in [0.2, 0.25) is 0 Å². The normalized spacial score (nSPS) is 11.1. The molecule has 0 atom stereocenters. The standard InChI is InChI=1S/C13H20N2O2/c1-13(2,3)17-12(16)15(4)14-10-11-8-6-5-7-9-11/h5-9,14H,10H2,1-4H3. The molecule has 0 radical (unpaired) electrons. The molecule has 0 aliphatic rings. The maximum atomic E-state index is 11.6. The summed E-state index contributed by atoms with van der Waals surface area (Å²) in [6, 6.07) is 9.88. The average Bonchev–Trinajstić information content (AvgIpc) is 2.25. The van der Waals surface area contributed by atoms with Gasteiger partial charge < -0.3 is 4.74 Å². The molecule has 0 fully saturated rings. The number of amides is 1. The van der Waals surface area contributed by atoms with Gasteiger partial charge in [0, 0.05) is 13.6 Å². The highest BCUT2D eigenvalue weighted by Gasteiger charge is 2.19. The molecule has 1 aromatic carbocycles. The number of benzene rings is 1. The minimum Gasteiger partial charge on any atom is -0.443 e. The SMILES string of the molecule is CN(NCc1ccccc1)C(=O)OC(C)(C)C. The van der Waals surface area contributed by atoms with E-state index < -0.39 is 5.60 Å². The molecule has 0 aliphatic carbocycles. The number of hydrogen-bond donors (Lipinski definition) is 1. The van der Waals surface area contributed by atoms with Gasteiger partial charge in [0.1, 0.15) is 5.60 Å². The van der Waals surface area contributed by atoms with Crippen molar-refractivity contribution in [3.63, 3.8) is 0 Å². The van der Waals surface area contributed by atoms with E-state index in [0.717, 1.165) is 5.56 Å². The fourth-order valence-electron chi connectivity index (χ4n) is 1.20. The lowest BCUT2D eigenvalue weighted by molar-refractivity contribution is 0.0197. The van der Waals surface area contributed by atoms with Gasteiger partial charge >= 0.3 is 6.09 Å². The number of hydrazine groups is 1. The number of hydrogen-bond acceptors (Lipinski definition) is 3. The van der Waals surface area contributed by atoms with Crippen LogP contribution >= 0.6 is 0 Å². The first-order valence-corrected chi connectivity index (χ1v) is 5.62. The number of ether oxygens (including phenoxy) is 1. The Kier molecular flexibility index (Phi) is 4.52. The molecule has 0 aliphatic heterocycles. The van der Waals surface area contributed by atoms with Crippen LogP contribution in [-0.4, -0.2) is 23.8 Å². The number of rotatable bonds is 3. The summed E-state index contributed by atoms with van der Waals surface area (Å²) in [7, 11) is 1.65. The smallest absolute Gasteiger partial charge is 0.424 e. The highest BCUT2D eigenvalue weighted by Crippen LogP contribution is 2.08. The van der Waals surface area contributed by atoms with Gasteiger partial charge in [-0.3, -0.25) is 0 Å². The van der Waals surface area contributed by atoms with Crippen LogP contribution in [0.1, 0.15) is 26.3 Å². The molecule has 0 heterocycles. The first-order valence-electron chi connectivity index (χ1n) is 5.62. The van der Waals surface area contributed by atoms with Crippen LogP contribution in [0.3, 0.4) is 0 Å². The molecule has 1 N–H and O–H groups in total. The Labute approximate surface area is 103 Å². The Bertz CT molecular complexity index is 357. The summed E-state index contributed by atoms with van der Waals surface area (Å²) in [6.07, 6.45) is -0.381. The summed E-state index contributed by atoms with van der Waals surface area (Å²) in [4.78, 5) is 11.6. The topological polar surface area (TPSA) is 41.6 Å². The van der Waals surface area contributed by atoms with E-state index in [9.17, 15) is 4.79 Å². The Balaban J connectivity index is 2.40. The molecule has 4 nitrogen and oxygen atoms in total. The van der Waals surface area contributed by atoms with Gasteiger partial charge in [0.25, 0.3) is 0 Å². The number of nitrogens with zero attached hydrogens (tertiary/aromatic N) is 1. The molecule has 0 aromatic heterocycles. The van der Waals surface area contributed by atoms with E-state index >= 15 is 0 Å². The Hall–Kier alpha value is -1.55. The molecule has 1 aromatic rings. The first kappa shape index (κ1) is 13.5. The first-order chi connectivity index (χ1) is 7.88. The van der Waals surface area contributed by atoms with Gasteiger partial charge in [0.2, 0.25) is 0 Å². The van der Waals surface area contributed by atoms with Crippen LogP contribution < -0.4 is 5.43 Å². The predicted octanol–water partition coefficient (Wildman–Crippen LogP) is 2.56. The zero-order chi connectivity index (χ0) is 12.9. The van der Waals surface area contributed by atoms with Crippen LogP contribution in [0.25, 0.3) is 0 Å². The third kappa shape index (κ3) is 5.36. The Morgan fingerprint density at radius 3 is 2.41 bits per heavy atom. The van der Waals surface area contributed by atoms with Gasteiger partial charge in [0.05, 0.1) is 0 Å². The molecular formula is C13H20N2O2. The van der Waals surface area contributed by atoms with E-state index in [0.29, 0.717) is 6.54 Å². The minimum absolute atomic E-state index is 0.381. The van der Waals surface area contributed by atoms with E-state index in [1.165, 1.54) is 5.01 Å². The minimum atomic E-state index is -0.472. The van der Waals surface area contributed by atoms with E-state index in [4.69, 9.17) is 4.74 Å². The monoisotopic (exact) mass is 236 g/mol. The second kappa shape index (κ2) is 5.68. The van der Waals surface area contributed by atoms with E-state index in [2.05, 4.69) is 5.43 Å². The second-order valence-corrected chi connectivity index (χ2v) is 4.86. The largest absolute Gasteiger partial charge is 0.443 e. The summed E-state index contributed by atoms with van der Waals surface area (Å²) in [5.41, 5.74) is 3.62. The molecule has 1 amide bonds. The quantitative estimate of drug-likeness (QED) is 0.820. The molecular weight excluding hydrogens is 216 g/mol. The van der Waals surface area contributed by atoms with Crippen molar-refractivity contribution < 1.29 is 9.53 Å². The van der Waals surface area contributed by atoms with Crippen LogP contribution in [0.4, 0.5) is 4.79 Å². The van der Waals surface area contributed by atoms with Crippen LogP contribution in [-0.2, 0) is 11.3 Å². The van der Waals surface area contributed by atoms with Crippen LogP contribution in [0, 0.1) is 0 Å². The fraction of sp³-hybridized carbons (Fsp3) is 0.462. The van der Waals surface area contributed by atoms with E-state index in [-0.39, 0.29) is 6.09 Å². The molecule has 4 heteroatoms. The van der Waals surface area contributed by atoms with Gasteiger partial charge in [-0.2, -0.15) is 0 Å². The van der Waals surface area contributed by atoms with Crippen molar-refractivity contribution in [3.8, 4) is 0 Å². The average molecular weight is 236 g/mol. The maximum absolute atomic E-state index is 11.6. The van der Waals surface area contributed by atoms with Crippen molar-refractivity contribution in [1.29, 1.82) is 0 Å². The Morgan fingerprint density at radius 2 is 1.88 bits per heavy atom. The summed E-state index contributed by atoms with van der Waals surface area (Å²) in [5.74, 6) is 0. The third-order valence-corrected chi connectivity index (χ3v) is 2.03. The molecule has 0 bridgehead atoms. The molecule has 1 rings (SSSR count). The zero-order valence-corrected chi connectivity index (χ0v) is 10.9. The lowest BCUT2D eigenvalue weighted by atomic mass is 10.2. The van der Waals surface area contributed by atoms with Gasteiger partial charge in [0.15, 0.2) is 0 Å². The van der Waals surface area contributed by atoms with Gasteiger partial charge in [-0.1, -0.05) is 30.3 Å². The summed E-state index contributed by atoms with van der Waals surface area (Å²) >= 11 is 0. The predicted molar refractivity (Wildman–Crippen MR) is 67.3 cm³/mol. The van der Waals surface area contributed by atoms with E-state index in [1.807, 2.05) is 51.1 Å². The highest BCUT2D eigenvalue weighted by atomic mass is 16.6. The Morgan fingerprint density at radius 1 is 1.29 bits per heavy atom. The lowest BCUT2D eigenvalue weighted by Gasteiger charge is -2.25. The molecule has 0 saturated heterocycles. The van der Waals surface area contributed by atoms with Crippen LogP contribution in [0.5, 0.6) is 0 Å². The molecule has 0 unspecified atom stereocenters. The van der Waals surface area contributed by atoms with Crippen LogP contribution in [0.15, 0.2) is 30.3 Å². The molecule has 0 saturated carbocycles. The molecule has 94 valence electrons. The summed E-state index contributed by atoms with van der Waals surface area (Å²) < 4.78 is 5.21. The van der Waals surface area contributed by atoms with Crippen molar-refractivity contribution in [1.82, 2.24) is 10.4 Å². The van der Waals surface area contributed by atoms with Gasteiger partial charge in [-0.05, 0) is 26.3 Å². The summed E-state index contributed by atoms with van der Waals surface area (Å²) in [6.45, 7) is 6.12. The maximum Gasteiger partial charge on any atom is 0.424 e. The summed E-state index contributed by atoms with van der Waals surface area (Å²) in [5, 5.41) is 1.36. The van der Waals surface area contributed by atoms with Gasteiger partial charge in [-0.25, -0.2) is 15.2 Å². The number of carbonyl (C=O) groups is 1. The van der Waals surface area contributed by atoms with Crippen molar-refractivity contribution in [2.45, 2.75) is 32.9 Å². The lowest BCUT2D eigenvalue weighted by Crippen LogP contribution is -2.42. The zero-order valence-electron chi connectivity index (χ0n) is 10.9. The number of carbonyl (C=O) groups excluding carboxylic acids is 1. The fourth-order valence-corrected chi connectivity index (χ4v) is 1.20. The van der Waals surface area contributed by atoms with Gasteiger partial charge in [-0.15, -0.1) is 0 Å². The van der Waals surface area contributed by atoms with E-state index in [1.54, 1.807) is 7.05 Å². The highest BCUT2D eigenvalue weighted by molar-refractivity contribution is 5.67. The molecule has 17 heavy (non-hydrogen) atoms. The van der Waals surface area contributed by atoms with Crippen molar-refractivity contribution in [3.05, 3.63) is 35.9 Å². The second-order valence-electron chi connectivity index (χ2n) is 4.86.